The van der Waals surface area contributed by atoms with Crippen LogP contribution in [-0.4, -0.2) is 37.2 Å². The summed E-state index contributed by atoms with van der Waals surface area (Å²) in [7, 11) is 1.55. The number of allylic oxidation sites excluding steroid dienone is 4. The Morgan fingerprint density at radius 3 is 2.02 bits per heavy atom. The molecule has 0 aromatic carbocycles. The van der Waals surface area contributed by atoms with Crippen molar-refractivity contribution in [3.05, 3.63) is 23.3 Å². The zero-order chi connectivity index (χ0) is 30.4. The Morgan fingerprint density at radius 1 is 0.780 bits per heavy atom. The summed E-state index contributed by atoms with van der Waals surface area (Å²) in [4.78, 5) is 37.9. The summed E-state index contributed by atoms with van der Waals surface area (Å²) in [5, 5.41) is 0. The monoisotopic (exact) mass is 568 g/mol. The molecule has 0 amide bonds. The zero-order valence-corrected chi connectivity index (χ0v) is 27.1. The number of methoxy groups -OCH3 is 1. The molecule has 6 nitrogen and oxygen atoms in total. The minimum atomic E-state index is -0.508. The molecule has 228 valence electrons. The minimum absolute atomic E-state index is 0.0358. The third-order valence-corrected chi connectivity index (χ3v) is 13.1. The highest BCUT2D eigenvalue weighted by molar-refractivity contribution is 5.79. The van der Waals surface area contributed by atoms with Gasteiger partial charge in [-0.25, -0.2) is 0 Å². The Morgan fingerprint density at radius 2 is 1.41 bits per heavy atom. The van der Waals surface area contributed by atoms with E-state index in [4.69, 9.17) is 14.2 Å². The first-order valence-corrected chi connectivity index (χ1v) is 15.7. The van der Waals surface area contributed by atoms with Gasteiger partial charge < -0.3 is 14.2 Å². The van der Waals surface area contributed by atoms with Crippen molar-refractivity contribution >= 4 is 17.9 Å². The highest BCUT2D eigenvalue weighted by Crippen LogP contribution is 2.75. The van der Waals surface area contributed by atoms with Gasteiger partial charge in [0.15, 0.2) is 0 Å². The molecule has 1 unspecified atom stereocenters. The highest BCUT2D eigenvalue weighted by Gasteiger charge is 2.69. The van der Waals surface area contributed by atoms with Crippen LogP contribution in [0.3, 0.4) is 0 Å². The van der Waals surface area contributed by atoms with Gasteiger partial charge >= 0.3 is 17.9 Å². The van der Waals surface area contributed by atoms with E-state index in [1.807, 2.05) is 0 Å². The van der Waals surface area contributed by atoms with Crippen LogP contribution in [-0.2, 0) is 28.6 Å². The van der Waals surface area contributed by atoms with Crippen LogP contribution in [0.2, 0.25) is 0 Å². The summed E-state index contributed by atoms with van der Waals surface area (Å²) >= 11 is 0. The molecule has 0 N–H and O–H groups in total. The molecule has 6 heteroatoms. The van der Waals surface area contributed by atoms with Crippen molar-refractivity contribution in [2.45, 2.75) is 126 Å². The van der Waals surface area contributed by atoms with Gasteiger partial charge in [0.1, 0.15) is 12.2 Å². The molecule has 0 aromatic heterocycles. The van der Waals surface area contributed by atoms with Crippen molar-refractivity contribution in [2.24, 2.45) is 44.3 Å². The molecule has 0 radical (unpaired) electrons. The highest BCUT2D eigenvalue weighted by atomic mass is 16.6. The van der Waals surface area contributed by atoms with Gasteiger partial charge in [-0.2, -0.15) is 0 Å². The summed E-state index contributed by atoms with van der Waals surface area (Å²) in [6.07, 6.45) is 11.1. The van der Waals surface area contributed by atoms with Gasteiger partial charge in [0.2, 0.25) is 0 Å². The fourth-order valence-electron chi connectivity index (χ4n) is 10.9. The second kappa shape index (κ2) is 9.44. The predicted octanol–water partition coefficient (Wildman–Crippen LogP) is 7.35. The number of esters is 3. The molecule has 5 aliphatic rings. The predicted molar refractivity (Wildman–Crippen MR) is 158 cm³/mol. The molecule has 0 heterocycles. The van der Waals surface area contributed by atoms with Crippen LogP contribution in [0.25, 0.3) is 0 Å². The van der Waals surface area contributed by atoms with Crippen LogP contribution >= 0.6 is 0 Å². The van der Waals surface area contributed by atoms with E-state index in [2.05, 4.69) is 60.6 Å². The summed E-state index contributed by atoms with van der Waals surface area (Å²) in [6.45, 7) is 19.2. The van der Waals surface area contributed by atoms with Crippen molar-refractivity contribution in [2.75, 3.05) is 7.11 Å². The second-order valence-corrected chi connectivity index (χ2v) is 16.1. The quantitative estimate of drug-likeness (QED) is 0.262. The van der Waals surface area contributed by atoms with Crippen LogP contribution in [0.5, 0.6) is 0 Å². The van der Waals surface area contributed by atoms with E-state index in [-0.39, 0.29) is 56.8 Å². The maximum atomic E-state index is 13.5. The third kappa shape index (κ3) is 4.19. The second-order valence-electron chi connectivity index (χ2n) is 16.1. The molecule has 0 aliphatic heterocycles. The molecule has 4 saturated carbocycles. The van der Waals surface area contributed by atoms with Crippen molar-refractivity contribution in [1.29, 1.82) is 0 Å². The Balaban J connectivity index is 1.64. The van der Waals surface area contributed by atoms with E-state index in [1.54, 1.807) is 7.11 Å². The number of fused-ring (bicyclic) bond motifs is 7. The Hall–Kier alpha value is -2.11. The lowest BCUT2D eigenvalue weighted by molar-refractivity contribution is -0.210. The third-order valence-electron chi connectivity index (χ3n) is 13.1. The normalized spacial score (nSPS) is 44.0. The van der Waals surface area contributed by atoms with E-state index in [1.165, 1.54) is 25.0 Å². The molecule has 5 rings (SSSR count). The van der Waals surface area contributed by atoms with Crippen LogP contribution in [0, 0.1) is 44.3 Å². The number of rotatable bonds is 3. The summed E-state index contributed by atoms with van der Waals surface area (Å²) in [5.74, 6) is -0.293. The Labute approximate surface area is 247 Å². The fraction of sp³-hybridized carbons (Fsp3) is 0.800. The standard InChI is InChI=1S/C35H52O6/c1-21(36)40-25-20-32(7)26(31(5,6)28(25)41-22(2)37)13-14-34(9)27(32)12-11-23-24-19-30(3,4)15-17-35(24,29(38)39-10)18-16-33(23,34)8/h11-12,24-26,28H,13-20H2,1-10H3/t24-,25+,26?,28-,32-,33+,34+,35-/m0/s1. The maximum Gasteiger partial charge on any atom is 0.312 e. The first-order valence-electron chi connectivity index (χ1n) is 15.7. The van der Waals surface area contributed by atoms with Gasteiger partial charge in [-0.3, -0.25) is 14.4 Å². The van der Waals surface area contributed by atoms with Gasteiger partial charge in [0.05, 0.1) is 12.5 Å². The van der Waals surface area contributed by atoms with Crippen LogP contribution in [0.1, 0.15) is 114 Å². The average Bonchev–Trinajstić information content (AvgIpc) is 2.85. The van der Waals surface area contributed by atoms with E-state index < -0.39 is 17.6 Å². The molecule has 41 heavy (non-hydrogen) atoms. The lowest BCUT2D eigenvalue weighted by atomic mass is 9.36. The van der Waals surface area contributed by atoms with Gasteiger partial charge in [-0.15, -0.1) is 0 Å². The fourth-order valence-corrected chi connectivity index (χ4v) is 10.9. The molecular formula is C35H52O6. The Bertz CT molecular complexity index is 1210. The minimum Gasteiger partial charge on any atom is -0.469 e. The molecule has 8 atom stereocenters. The van der Waals surface area contributed by atoms with Crippen LogP contribution < -0.4 is 0 Å². The smallest absolute Gasteiger partial charge is 0.312 e. The molecule has 0 saturated heterocycles. The van der Waals surface area contributed by atoms with E-state index in [0.717, 1.165) is 44.9 Å². The van der Waals surface area contributed by atoms with Crippen LogP contribution in [0.15, 0.2) is 23.3 Å². The van der Waals surface area contributed by atoms with E-state index >= 15 is 0 Å². The van der Waals surface area contributed by atoms with E-state index in [9.17, 15) is 14.4 Å². The summed E-state index contributed by atoms with van der Waals surface area (Å²) in [5.41, 5.74) is 1.78. The van der Waals surface area contributed by atoms with Crippen molar-refractivity contribution in [3.63, 3.8) is 0 Å². The van der Waals surface area contributed by atoms with Gasteiger partial charge in [0, 0.05) is 19.3 Å². The number of hydrogen-bond donors (Lipinski definition) is 0. The summed E-state index contributed by atoms with van der Waals surface area (Å²) in [6, 6.07) is 0. The first-order chi connectivity index (χ1) is 18.9. The molecular weight excluding hydrogens is 516 g/mol. The lowest BCUT2D eigenvalue weighted by Gasteiger charge is -2.69. The molecule has 4 fully saturated rings. The number of hydrogen-bond acceptors (Lipinski definition) is 6. The first kappa shape index (κ1) is 30.4. The Kier molecular flexibility index (Phi) is 6.99. The average molecular weight is 569 g/mol. The van der Waals surface area contributed by atoms with Crippen LogP contribution in [0.4, 0.5) is 0 Å². The SMILES string of the molecule is COC(=O)[C@]12CCC(C)(C)C[C@H]1C1=CC=C3[C@@]4(C)C[C@@H](OC(C)=O)[C@H](OC(C)=O)C(C)(C)C4CC[C@@]3(C)[C@]1(C)CC2. The number of carbonyl (C=O) groups is 3. The van der Waals surface area contributed by atoms with Gasteiger partial charge in [-0.1, -0.05) is 71.8 Å². The molecule has 0 spiro atoms. The summed E-state index contributed by atoms with van der Waals surface area (Å²) < 4.78 is 17.3. The van der Waals surface area contributed by atoms with Crippen molar-refractivity contribution < 1.29 is 28.6 Å². The number of ether oxygens (including phenoxy) is 3. The zero-order valence-electron chi connectivity index (χ0n) is 27.1. The molecule has 0 bridgehead atoms. The van der Waals surface area contributed by atoms with Crippen molar-refractivity contribution in [1.82, 2.24) is 0 Å². The lowest BCUT2D eigenvalue weighted by Crippen LogP contribution is -2.65. The number of carbonyl (C=O) groups excluding carboxylic acids is 3. The molecule has 5 aliphatic carbocycles. The van der Waals surface area contributed by atoms with Gasteiger partial charge in [0.25, 0.3) is 0 Å². The molecule has 0 aromatic rings. The topological polar surface area (TPSA) is 78.9 Å². The van der Waals surface area contributed by atoms with Gasteiger partial charge in [-0.05, 0) is 84.9 Å². The van der Waals surface area contributed by atoms with Crippen molar-refractivity contribution in [3.8, 4) is 0 Å². The maximum absolute atomic E-state index is 13.5. The van der Waals surface area contributed by atoms with E-state index in [0.29, 0.717) is 6.42 Å². The largest absolute Gasteiger partial charge is 0.469 e.